The maximum absolute atomic E-state index is 12.7. The maximum atomic E-state index is 12.7. The average Bonchev–Trinajstić information content (AvgIpc) is 2.85. The molecule has 0 bridgehead atoms. The summed E-state index contributed by atoms with van der Waals surface area (Å²) in [5.74, 6) is -0.284. The molecule has 0 unspecified atom stereocenters. The fourth-order valence-corrected chi connectivity index (χ4v) is 2.93. The number of hydrogen-bond acceptors (Lipinski definition) is 4. The molecule has 1 aliphatic rings. The number of hydrogen-bond donors (Lipinski definition) is 2. The van der Waals surface area contributed by atoms with Gasteiger partial charge in [0.2, 0.25) is 5.91 Å². The molecule has 6 heteroatoms. The van der Waals surface area contributed by atoms with E-state index in [-0.39, 0.29) is 17.6 Å². The van der Waals surface area contributed by atoms with Crippen LogP contribution in [0.3, 0.4) is 0 Å². The van der Waals surface area contributed by atoms with Crippen molar-refractivity contribution in [2.24, 2.45) is 0 Å². The van der Waals surface area contributed by atoms with Crippen LogP contribution in [0.1, 0.15) is 42.3 Å². The molecule has 0 aliphatic carbocycles. The van der Waals surface area contributed by atoms with Crippen LogP contribution in [0.2, 0.25) is 0 Å². The molecule has 3 rings (SSSR count). The smallest absolute Gasteiger partial charge is 0.288 e. The fourth-order valence-electron chi connectivity index (χ4n) is 2.93. The highest BCUT2D eigenvalue weighted by atomic mass is 16.5. The molecule has 1 fully saturated rings. The minimum atomic E-state index is -0.520. The van der Waals surface area contributed by atoms with E-state index in [1.165, 1.54) is 0 Å². The van der Waals surface area contributed by atoms with Crippen LogP contribution in [0.25, 0.3) is 11.0 Å². The first kappa shape index (κ1) is 16.5. The molecule has 1 aliphatic heterocycles. The molecule has 128 valence electrons. The van der Waals surface area contributed by atoms with E-state index >= 15 is 0 Å². The van der Waals surface area contributed by atoms with E-state index in [2.05, 4.69) is 10.6 Å². The van der Waals surface area contributed by atoms with Gasteiger partial charge in [-0.3, -0.25) is 9.59 Å². The molecule has 2 amide bonds. The van der Waals surface area contributed by atoms with Crippen LogP contribution < -0.4 is 10.6 Å². The summed E-state index contributed by atoms with van der Waals surface area (Å²) in [6, 6.07) is 6.96. The summed E-state index contributed by atoms with van der Waals surface area (Å²) < 4.78 is 11.2. The van der Waals surface area contributed by atoms with E-state index < -0.39 is 6.04 Å². The second-order valence-electron chi connectivity index (χ2n) is 5.86. The van der Waals surface area contributed by atoms with Crippen LogP contribution in [0.5, 0.6) is 0 Å². The third-order valence-corrected chi connectivity index (χ3v) is 4.20. The molecular weight excluding hydrogens is 308 g/mol. The second kappa shape index (κ2) is 7.49. The van der Waals surface area contributed by atoms with E-state index in [0.717, 1.165) is 23.8 Å². The number of carbonyl (C=O) groups is 2. The quantitative estimate of drug-likeness (QED) is 0.882. The van der Waals surface area contributed by atoms with Crippen LogP contribution in [-0.4, -0.2) is 31.0 Å². The van der Waals surface area contributed by atoms with Crippen molar-refractivity contribution >= 4 is 22.8 Å². The Morgan fingerprint density at radius 3 is 3.04 bits per heavy atom. The molecule has 2 N–H and O–H groups in total. The SMILES string of the molecule is CCOCc1c(C(=O)N[C@H]2CCCCNC2=O)oc2ccccc12. The summed E-state index contributed by atoms with van der Waals surface area (Å²) in [5, 5.41) is 6.48. The van der Waals surface area contributed by atoms with Gasteiger partial charge in [0.1, 0.15) is 11.6 Å². The fraction of sp³-hybridized carbons (Fsp3) is 0.444. The lowest BCUT2D eigenvalue weighted by molar-refractivity contribution is -0.122. The zero-order chi connectivity index (χ0) is 16.9. The van der Waals surface area contributed by atoms with Gasteiger partial charge in [-0.2, -0.15) is 0 Å². The van der Waals surface area contributed by atoms with E-state index in [9.17, 15) is 9.59 Å². The highest BCUT2D eigenvalue weighted by Gasteiger charge is 2.26. The van der Waals surface area contributed by atoms with Gasteiger partial charge >= 0.3 is 0 Å². The normalized spacial score (nSPS) is 18.2. The molecule has 0 radical (unpaired) electrons. The third kappa shape index (κ3) is 3.43. The summed E-state index contributed by atoms with van der Waals surface area (Å²) >= 11 is 0. The molecule has 1 aromatic heterocycles. The summed E-state index contributed by atoms with van der Waals surface area (Å²) in [7, 11) is 0. The van der Waals surface area contributed by atoms with Gasteiger partial charge in [0, 0.05) is 24.1 Å². The average molecular weight is 330 g/mol. The van der Waals surface area contributed by atoms with Crippen LogP contribution in [0, 0.1) is 0 Å². The van der Waals surface area contributed by atoms with E-state index in [1.54, 1.807) is 0 Å². The number of fused-ring (bicyclic) bond motifs is 1. The van der Waals surface area contributed by atoms with Crippen LogP contribution in [0.4, 0.5) is 0 Å². The van der Waals surface area contributed by atoms with Crippen molar-refractivity contribution in [3.05, 3.63) is 35.6 Å². The van der Waals surface area contributed by atoms with Crippen molar-refractivity contribution in [3.8, 4) is 0 Å². The van der Waals surface area contributed by atoms with Crippen LogP contribution in [-0.2, 0) is 16.1 Å². The molecule has 0 saturated carbocycles. The summed E-state index contributed by atoms with van der Waals surface area (Å²) in [6.07, 6.45) is 2.46. The minimum absolute atomic E-state index is 0.136. The number of carbonyl (C=O) groups excluding carboxylic acids is 2. The van der Waals surface area contributed by atoms with Crippen molar-refractivity contribution in [2.45, 2.75) is 38.8 Å². The van der Waals surface area contributed by atoms with Gasteiger partial charge in [-0.15, -0.1) is 0 Å². The van der Waals surface area contributed by atoms with E-state index in [1.807, 2.05) is 31.2 Å². The predicted octanol–water partition coefficient (Wildman–Crippen LogP) is 2.37. The van der Waals surface area contributed by atoms with Crippen LogP contribution >= 0.6 is 0 Å². The van der Waals surface area contributed by atoms with E-state index in [4.69, 9.17) is 9.15 Å². The standard InChI is InChI=1S/C18H22N2O4/c1-2-23-11-13-12-7-3-4-9-15(12)24-16(13)18(22)20-14-8-5-6-10-19-17(14)21/h3-4,7,9,14H,2,5-6,8,10-11H2,1H3,(H,19,21)(H,20,22)/t14-/m0/s1. The Morgan fingerprint density at radius 2 is 2.21 bits per heavy atom. The first-order chi connectivity index (χ1) is 11.7. The number of para-hydroxylation sites is 1. The first-order valence-corrected chi connectivity index (χ1v) is 8.37. The number of rotatable bonds is 5. The molecule has 1 atom stereocenters. The Hall–Kier alpha value is -2.34. The lowest BCUT2D eigenvalue weighted by Gasteiger charge is -2.14. The predicted molar refractivity (Wildman–Crippen MR) is 89.7 cm³/mol. The van der Waals surface area contributed by atoms with Gasteiger partial charge in [-0.25, -0.2) is 0 Å². The van der Waals surface area contributed by atoms with Gasteiger partial charge in [-0.1, -0.05) is 18.2 Å². The molecule has 24 heavy (non-hydrogen) atoms. The number of ether oxygens (including phenoxy) is 1. The molecule has 2 aromatic rings. The Balaban J connectivity index is 1.86. The van der Waals surface area contributed by atoms with Gasteiger partial charge in [0.05, 0.1) is 6.61 Å². The van der Waals surface area contributed by atoms with Crippen molar-refractivity contribution < 1.29 is 18.7 Å². The highest BCUT2D eigenvalue weighted by Crippen LogP contribution is 2.27. The number of amides is 2. The molecule has 1 saturated heterocycles. The summed E-state index contributed by atoms with van der Waals surface area (Å²) in [4.78, 5) is 24.7. The zero-order valence-corrected chi connectivity index (χ0v) is 13.8. The van der Waals surface area contributed by atoms with Crippen molar-refractivity contribution in [1.82, 2.24) is 10.6 Å². The Morgan fingerprint density at radius 1 is 1.38 bits per heavy atom. The van der Waals surface area contributed by atoms with Crippen molar-refractivity contribution in [2.75, 3.05) is 13.2 Å². The van der Waals surface area contributed by atoms with Crippen molar-refractivity contribution in [3.63, 3.8) is 0 Å². The summed E-state index contributed by atoms with van der Waals surface area (Å²) in [5.41, 5.74) is 1.36. The van der Waals surface area contributed by atoms with Gasteiger partial charge in [-0.05, 0) is 32.3 Å². The topological polar surface area (TPSA) is 80.6 Å². The largest absolute Gasteiger partial charge is 0.451 e. The van der Waals surface area contributed by atoms with Gasteiger partial charge < -0.3 is 19.8 Å². The minimum Gasteiger partial charge on any atom is -0.451 e. The molecular formula is C18H22N2O4. The molecule has 2 heterocycles. The monoisotopic (exact) mass is 330 g/mol. The molecule has 1 aromatic carbocycles. The number of nitrogens with one attached hydrogen (secondary N) is 2. The summed E-state index contributed by atoms with van der Waals surface area (Å²) in [6.45, 7) is 3.40. The lowest BCUT2D eigenvalue weighted by Crippen LogP contribution is -2.45. The van der Waals surface area contributed by atoms with Crippen molar-refractivity contribution in [1.29, 1.82) is 0 Å². The van der Waals surface area contributed by atoms with Gasteiger partial charge in [0.15, 0.2) is 5.76 Å². The van der Waals surface area contributed by atoms with Gasteiger partial charge in [0.25, 0.3) is 5.91 Å². The third-order valence-electron chi connectivity index (χ3n) is 4.20. The number of furan rings is 1. The number of benzene rings is 1. The van der Waals surface area contributed by atoms with E-state index in [0.29, 0.717) is 31.8 Å². The Kier molecular flexibility index (Phi) is 5.15. The second-order valence-corrected chi connectivity index (χ2v) is 5.86. The highest BCUT2D eigenvalue weighted by molar-refractivity contribution is 6.01. The molecule has 0 spiro atoms. The first-order valence-electron chi connectivity index (χ1n) is 8.37. The maximum Gasteiger partial charge on any atom is 0.288 e. The Bertz CT molecular complexity index is 738. The Labute approximate surface area is 140 Å². The van der Waals surface area contributed by atoms with Crippen LogP contribution in [0.15, 0.2) is 28.7 Å². The molecule has 6 nitrogen and oxygen atoms in total. The zero-order valence-electron chi connectivity index (χ0n) is 13.8. The lowest BCUT2D eigenvalue weighted by atomic mass is 10.1.